The van der Waals surface area contributed by atoms with Gasteiger partial charge in [-0.05, 0) is 55.7 Å². The number of pyridine rings is 1. The molecule has 1 unspecified atom stereocenters. The molecule has 1 aliphatic heterocycles. The molecule has 1 fully saturated rings. The minimum absolute atomic E-state index is 0. The Kier molecular flexibility index (Phi) is 9.30. The molecule has 7 nitrogen and oxygen atoms in total. The predicted octanol–water partition coefficient (Wildman–Crippen LogP) is 3.84. The van der Waals surface area contributed by atoms with Gasteiger partial charge in [-0.15, -0.1) is 24.0 Å². The number of aromatic amines is 1. The zero-order valence-electron chi connectivity index (χ0n) is 19.1. The van der Waals surface area contributed by atoms with E-state index >= 15 is 0 Å². The van der Waals surface area contributed by atoms with Crippen LogP contribution in [0.5, 0.6) is 0 Å². The molecule has 1 aromatic carbocycles. The van der Waals surface area contributed by atoms with E-state index in [0.29, 0.717) is 6.54 Å². The highest BCUT2D eigenvalue weighted by Gasteiger charge is 2.17. The number of benzene rings is 1. The molecule has 0 aliphatic carbocycles. The number of rotatable bonds is 7. The van der Waals surface area contributed by atoms with Gasteiger partial charge in [0.2, 0.25) is 0 Å². The van der Waals surface area contributed by atoms with Gasteiger partial charge >= 0.3 is 0 Å². The third-order valence-electron chi connectivity index (χ3n) is 5.55. The lowest BCUT2D eigenvalue weighted by Gasteiger charge is -2.32. The Morgan fingerprint density at radius 2 is 2.18 bits per heavy atom. The van der Waals surface area contributed by atoms with Crippen molar-refractivity contribution in [3.05, 3.63) is 59.7 Å². The quantitative estimate of drug-likeness (QED) is 0.230. The molecule has 4 rings (SSSR count). The summed E-state index contributed by atoms with van der Waals surface area (Å²) < 4.78 is 19.0. The van der Waals surface area contributed by atoms with Crippen LogP contribution >= 0.6 is 24.0 Å². The molecule has 1 aliphatic rings. The molecular formula is C24H32FIN6O. The van der Waals surface area contributed by atoms with Crippen LogP contribution in [0.15, 0.2) is 47.7 Å². The van der Waals surface area contributed by atoms with Crippen LogP contribution in [0, 0.1) is 5.82 Å². The van der Waals surface area contributed by atoms with E-state index in [1.165, 1.54) is 12.1 Å². The van der Waals surface area contributed by atoms with Gasteiger partial charge in [0, 0.05) is 49.5 Å². The number of guanidine groups is 1. The van der Waals surface area contributed by atoms with Crippen molar-refractivity contribution in [2.24, 2.45) is 4.99 Å². The van der Waals surface area contributed by atoms with Crippen molar-refractivity contribution in [3.8, 4) is 0 Å². The average Bonchev–Trinajstić information content (AvgIpc) is 3.19. The summed E-state index contributed by atoms with van der Waals surface area (Å²) in [5.41, 5.74) is 3.04. The molecule has 3 heterocycles. The number of H-pyrrole nitrogens is 1. The molecule has 0 amide bonds. The molecule has 178 valence electrons. The Hall–Kier alpha value is -2.40. The minimum atomic E-state index is -0.229. The van der Waals surface area contributed by atoms with E-state index in [0.717, 1.165) is 73.0 Å². The van der Waals surface area contributed by atoms with Crippen molar-refractivity contribution in [1.82, 2.24) is 20.6 Å². The van der Waals surface area contributed by atoms with Gasteiger partial charge in [0.1, 0.15) is 11.6 Å². The fourth-order valence-corrected chi connectivity index (χ4v) is 3.92. The number of nitrogens with one attached hydrogen (secondary N) is 3. The Bertz CT molecular complexity index is 1050. The van der Waals surface area contributed by atoms with E-state index in [2.05, 4.69) is 44.6 Å². The van der Waals surface area contributed by atoms with Crippen LogP contribution in [0.4, 0.5) is 10.2 Å². The van der Waals surface area contributed by atoms with Gasteiger partial charge in [-0.1, -0.05) is 6.07 Å². The van der Waals surface area contributed by atoms with E-state index in [9.17, 15) is 4.39 Å². The maximum Gasteiger partial charge on any atom is 0.191 e. The van der Waals surface area contributed by atoms with E-state index < -0.39 is 0 Å². The molecule has 1 saturated heterocycles. The monoisotopic (exact) mass is 566 g/mol. The first kappa shape index (κ1) is 25.2. The lowest BCUT2D eigenvalue weighted by molar-refractivity contribution is 0.0529. The number of anilines is 1. The molecule has 0 saturated carbocycles. The number of hydrogen-bond acceptors (Lipinski definition) is 4. The number of ether oxygens (including phenoxy) is 1. The van der Waals surface area contributed by atoms with Crippen molar-refractivity contribution < 1.29 is 9.13 Å². The number of halogens is 2. The summed E-state index contributed by atoms with van der Waals surface area (Å²) in [5.74, 6) is 1.52. The molecule has 0 bridgehead atoms. The number of nitrogens with zero attached hydrogens (tertiary/aromatic N) is 3. The van der Waals surface area contributed by atoms with Crippen LogP contribution in [0.2, 0.25) is 0 Å². The van der Waals surface area contributed by atoms with Crippen LogP contribution in [0.25, 0.3) is 10.9 Å². The summed E-state index contributed by atoms with van der Waals surface area (Å²) >= 11 is 0. The van der Waals surface area contributed by atoms with Gasteiger partial charge in [-0.2, -0.15) is 0 Å². The number of aromatic nitrogens is 2. The molecule has 9 heteroatoms. The van der Waals surface area contributed by atoms with Crippen LogP contribution < -0.4 is 15.5 Å². The average molecular weight is 566 g/mol. The minimum Gasteiger partial charge on any atom is -0.375 e. The Balaban J connectivity index is 0.00000306. The maximum absolute atomic E-state index is 13.4. The van der Waals surface area contributed by atoms with Gasteiger partial charge in [0.05, 0.1) is 19.3 Å². The first-order valence-electron chi connectivity index (χ1n) is 11.2. The van der Waals surface area contributed by atoms with Crippen molar-refractivity contribution in [1.29, 1.82) is 0 Å². The molecular weight excluding hydrogens is 534 g/mol. The van der Waals surface area contributed by atoms with Crippen LogP contribution in [-0.4, -0.2) is 54.8 Å². The van der Waals surface area contributed by atoms with E-state index in [-0.39, 0.29) is 35.9 Å². The second kappa shape index (κ2) is 12.2. The summed E-state index contributed by atoms with van der Waals surface area (Å²) in [7, 11) is 0. The zero-order valence-corrected chi connectivity index (χ0v) is 21.4. The van der Waals surface area contributed by atoms with Crippen molar-refractivity contribution in [2.75, 3.05) is 37.7 Å². The lowest BCUT2D eigenvalue weighted by Crippen LogP contribution is -2.41. The molecule has 3 aromatic rings. The largest absolute Gasteiger partial charge is 0.375 e. The molecule has 33 heavy (non-hydrogen) atoms. The summed E-state index contributed by atoms with van der Waals surface area (Å²) in [6.45, 7) is 8.66. The van der Waals surface area contributed by atoms with Gasteiger partial charge in [0.15, 0.2) is 5.96 Å². The molecule has 2 aromatic heterocycles. The Labute approximate surface area is 211 Å². The third-order valence-corrected chi connectivity index (χ3v) is 5.55. The van der Waals surface area contributed by atoms with Gasteiger partial charge in [-0.3, -0.25) is 0 Å². The second-order valence-electron chi connectivity index (χ2n) is 8.03. The fourth-order valence-electron chi connectivity index (χ4n) is 3.92. The van der Waals surface area contributed by atoms with Crippen LogP contribution in [-0.2, 0) is 17.7 Å². The first-order valence-corrected chi connectivity index (χ1v) is 11.2. The second-order valence-corrected chi connectivity index (χ2v) is 8.03. The first-order chi connectivity index (χ1) is 15.6. The molecule has 0 spiro atoms. The van der Waals surface area contributed by atoms with Gasteiger partial charge in [-0.25, -0.2) is 14.4 Å². The van der Waals surface area contributed by atoms with Gasteiger partial charge < -0.3 is 25.3 Å². The summed E-state index contributed by atoms with van der Waals surface area (Å²) in [6, 6.07) is 8.99. The van der Waals surface area contributed by atoms with Crippen molar-refractivity contribution in [3.63, 3.8) is 0 Å². The molecule has 1 atom stereocenters. The van der Waals surface area contributed by atoms with Crippen molar-refractivity contribution in [2.45, 2.75) is 32.9 Å². The van der Waals surface area contributed by atoms with Crippen LogP contribution in [0.1, 0.15) is 25.0 Å². The smallest absolute Gasteiger partial charge is 0.191 e. The maximum atomic E-state index is 13.4. The Morgan fingerprint density at radius 1 is 1.30 bits per heavy atom. The lowest BCUT2D eigenvalue weighted by atomic mass is 10.1. The van der Waals surface area contributed by atoms with Crippen LogP contribution in [0.3, 0.4) is 0 Å². The summed E-state index contributed by atoms with van der Waals surface area (Å²) in [5, 5.41) is 7.72. The van der Waals surface area contributed by atoms with E-state index in [1.54, 1.807) is 0 Å². The normalized spacial score (nSPS) is 16.5. The SMILES string of the molecule is CCNC(=NCc1ccc(N2CCOC(C)C2)nc1)NCCc1c[nH]c2cc(F)ccc12.I. The highest BCUT2D eigenvalue weighted by atomic mass is 127. The van der Waals surface area contributed by atoms with E-state index in [1.807, 2.05) is 25.4 Å². The van der Waals surface area contributed by atoms with Gasteiger partial charge in [0.25, 0.3) is 0 Å². The summed E-state index contributed by atoms with van der Waals surface area (Å²) in [6.07, 6.45) is 4.88. The standard InChI is InChI=1S/C24H31FN6O.HI/c1-3-26-24(27-9-8-19-15-28-22-12-20(25)5-6-21(19)22)30-14-18-4-7-23(29-13-18)31-10-11-32-17(2)16-31;/h4-7,12-13,15,17,28H,3,8-11,14,16H2,1-2H3,(H2,26,27,30);1H. The third kappa shape index (κ3) is 6.80. The number of hydrogen-bond donors (Lipinski definition) is 3. The highest BCUT2D eigenvalue weighted by molar-refractivity contribution is 14.0. The Morgan fingerprint density at radius 3 is 2.94 bits per heavy atom. The summed E-state index contributed by atoms with van der Waals surface area (Å²) in [4.78, 5) is 14.7. The number of morpholine rings is 1. The van der Waals surface area contributed by atoms with E-state index in [4.69, 9.17) is 9.73 Å². The number of aliphatic imine (C=N–C) groups is 1. The zero-order chi connectivity index (χ0) is 22.3. The molecule has 0 radical (unpaired) electrons. The molecule has 3 N–H and O–H groups in total. The predicted molar refractivity (Wildman–Crippen MR) is 142 cm³/mol. The fraction of sp³-hybridized carbons (Fsp3) is 0.417. The highest BCUT2D eigenvalue weighted by Crippen LogP contribution is 2.19. The number of fused-ring (bicyclic) bond motifs is 1. The topological polar surface area (TPSA) is 77.6 Å². The van der Waals surface area contributed by atoms with Crippen molar-refractivity contribution >= 4 is 46.7 Å².